The molecule has 1 aliphatic rings. The highest BCUT2D eigenvalue weighted by Crippen LogP contribution is 2.19. The first kappa shape index (κ1) is 17.7. The topological polar surface area (TPSA) is 49.4 Å². The Bertz CT molecular complexity index is 375. The zero-order valence-corrected chi connectivity index (χ0v) is 13.8. The Morgan fingerprint density at radius 3 is 2.67 bits per heavy atom. The molecule has 4 nitrogen and oxygen atoms in total. The maximum atomic E-state index is 11.9. The van der Waals surface area contributed by atoms with E-state index in [0.717, 1.165) is 12.8 Å². The molecule has 0 radical (unpaired) electrons. The largest absolute Gasteiger partial charge is 0.354 e. The fourth-order valence-electron chi connectivity index (χ4n) is 2.49. The average molecular weight is 294 g/mol. The van der Waals surface area contributed by atoms with Crippen molar-refractivity contribution in [3.8, 4) is 0 Å². The third-order valence-electron chi connectivity index (χ3n) is 3.91. The van der Waals surface area contributed by atoms with Crippen LogP contribution < -0.4 is 5.32 Å². The van der Waals surface area contributed by atoms with Crippen LogP contribution in [0.4, 0.5) is 0 Å². The third kappa shape index (κ3) is 7.88. The Balaban J connectivity index is 2.26. The number of carbonyl (C=O) groups excluding carboxylic acids is 2. The van der Waals surface area contributed by atoms with E-state index >= 15 is 0 Å². The molecule has 0 unspecified atom stereocenters. The summed E-state index contributed by atoms with van der Waals surface area (Å²) < 4.78 is 0. The smallest absolute Gasteiger partial charge is 0.239 e. The van der Waals surface area contributed by atoms with Crippen molar-refractivity contribution >= 4 is 11.8 Å². The lowest BCUT2D eigenvalue weighted by molar-refractivity contribution is -0.134. The zero-order valence-electron chi connectivity index (χ0n) is 13.8. The summed E-state index contributed by atoms with van der Waals surface area (Å²) in [6.07, 6.45) is 9.09. The minimum absolute atomic E-state index is 0.0270. The Kier molecular flexibility index (Phi) is 8.09. The lowest BCUT2D eigenvalue weighted by Gasteiger charge is -2.21. The van der Waals surface area contributed by atoms with Gasteiger partial charge in [-0.15, -0.1) is 0 Å². The van der Waals surface area contributed by atoms with Crippen LogP contribution >= 0.6 is 0 Å². The molecular weight excluding hydrogens is 264 g/mol. The van der Waals surface area contributed by atoms with E-state index in [4.69, 9.17) is 0 Å². The van der Waals surface area contributed by atoms with Crippen LogP contribution in [-0.4, -0.2) is 36.3 Å². The summed E-state index contributed by atoms with van der Waals surface area (Å²) in [6, 6.07) is 0. The highest BCUT2D eigenvalue weighted by Gasteiger charge is 2.13. The van der Waals surface area contributed by atoms with Crippen molar-refractivity contribution in [2.75, 3.05) is 19.6 Å². The summed E-state index contributed by atoms with van der Waals surface area (Å²) in [6.45, 7) is 7.29. The molecule has 0 aliphatic heterocycles. The SMILES string of the molecule is CC(=O)N(CCC(C)C)CC(=O)NCCC1=CCCCC1. The molecule has 4 heteroatoms. The van der Waals surface area contributed by atoms with Gasteiger partial charge in [-0.2, -0.15) is 0 Å². The molecule has 0 saturated carbocycles. The van der Waals surface area contributed by atoms with Crippen molar-refractivity contribution in [1.29, 1.82) is 0 Å². The van der Waals surface area contributed by atoms with Crippen molar-refractivity contribution in [2.45, 2.75) is 59.3 Å². The molecule has 0 heterocycles. The molecule has 1 aliphatic carbocycles. The van der Waals surface area contributed by atoms with E-state index in [1.807, 2.05) is 0 Å². The van der Waals surface area contributed by atoms with E-state index in [-0.39, 0.29) is 18.4 Å². The molecule has 0 aromatic carbocycles. The fraction of sp³-hybridized carbons (Fsp3) is 0.765. The summed E-state index contributed by atoms with van der Waals surface area (Å²) >= 11 is 0. The normalized spacial score (nSPS) is 14.8. The fourth-order valence-corrected chi connectivity index (χ4v) is 2.49. The number of nitrogens with one attached hydrogen (secondary N) is 1. The first-order valence-electron chi connectivity index (χ1n) is 8.19. The Morgan fingerprint density at radius 1 is 1.33 bits per heavy atom. The van der Waals surface area contributed by atoms with Crippen LogP contribution in [0.15, 0.2) is 11.6 Å². The second-order valence-corrected chi connectivity index (χ2v) is 6.33. The van der Waals surface area contributed by atoms with Crippen LogP contribution in [0, 0.1) is 5.92 Å². The molecule has 1 N–H and O–H groups in total. The Labute approximate surface area is 129 Å². The van der Waals surface area contributed by atoms with E-state index in [9.17, 15) is 9.59 Å². The number of amides is 2. The lowest BCUT2D eigenvalue weighted by Crippen LogP contribution is -2.40. The van der Waals surface area contributed by atoms with Gasteiger partial charge >= 0.3 is 0 Å². The molecule has 0 aromatic rings. The van der Waals surface area contributed by atoms with E-state index in [1.54, 1.807) is 4.90 Å². The van der Waals surface area contributed by atoms with Crippen LogP contribution in [0.2, 0.25) is 0 Å². The summed E-state index contributed by atoms with van der Waals surface area (Å²) in [4.78, 5) is 25.1. The van der Waals surface area contributed by atoms with Crippen LogP contribution in [0.3, 0.4) is 0 Å². The van der Waals surface area contributed by atoms with Gasteiger partial charge in [0.2, 0.25) is 11.8 Å². The van der Waals surface area contributed by atoms with Gasteiger partial charge in [0.05, 0.1) is 6.54 Å². The van der Waals surface area contributed by atoms with Crippen molar-refractivity contribution in [2.24, 2.45) is 5.92 Å². The predicted octanol–water partition coefficient (Wildman–Crippen LogP) is 2.89. The molecule has 1 rings (SSSR count). The van der Waals surface area contributed by atoms with Gasteiger partial charge in [-0.25, -0.2) is 0 Å². The monoisotopic (exact) mass is 294 g/mol. The van der Waals surface area contributed by atoms with Crippen molar-refractivity contribution in [3.63, 3.8) is 0 Å². The maximum absolute atomic E-state index is 11.9. The average Bonchev–Trinajstić information content (AvgIpc) is 2.44. The third-order valence-corrected chi connectivity index (χ3v) is 3.91. The molecule has 0 aromatic heterocycles. The number of hydrogen-bond acceptors (Lipinski definition) is 2. The van der Waals surface area contributed by atoms with E-state index in [2.05, 4.69) is 25.2 Å². The van der Waals surface area contributed by atoms with Gasteiger partial charge < -0.3 is 10.2 Å². The number of nitrogens with zero attached hydrogens (tertiary/aromatic N) is 1. The summed E-state index contributed by atoms with van der Waals surface area (Å²) in [5.74, 6) is 0.458. The van der Waals surface area contributed by atoms with Crippen molar-refractivity contribution in [1.82, 2.24) is 10.2 Å². The van der Waals surface area contributed by atoms with Gasteiger partial charge in [0.25, 0.3) is 0 Å². The Hall–Kier alpha value is -1.32. The summed E-state index contributed by atoms with van der Waals surface area (Å²) in [5, 5.41) is 2.93. The van der Waals surface area contributed by atoms with Crippen molar-refractivity contribution < 1.29 is 9.59 Å². The number of carbonyl (C=O) groups is 2. The maximum Gasteiger partial charge on any atom is 0.239 e. The lowest BCUT2D eigenvalue weighted by atomic mass is 9.97. The number of hydrogen-bond donors (Lipinski definition) is 1. The molecule has 120 valence electrons. The minimum Gasteiger partial charge on any atom is -0.354 e. The standard InChI is InChI=1S/C17H30N2O2/c1-14(2)10-12-19(15(3)20)13-17(21)18-11-9-16-7-5-4-6-8-16/h7,14H,4-6,8-13H2,1-3H3,(H,18,21). The highest BCUT2D eigenvalue weighted by molar-refractivity contribution is 5.83. The van der Waals surface area contributed by atoms with E-state index < -0.39 is 0 Å². The summed E-state index contributed by atoms with van der Waals surface area (Å²) in [7, 11) is 0. The molecule has 2 amide bonds. The summed E-state index contributed by atoms with van der Waals surface area (Å²) in [5.41, 5.74) is 1.46. The number of allylic oxidation sites excluding steroid dienone is 1. The molecule has 0 saturated heterocycles. The number of rotatable bonds is 8. The predicted molar refractivity (Wildman–Crippen MR) is 85.9 cm³/mol. The van der Waals surface area contributed by atoms with Crippen LogP contribution in [0.5, 0.6) is 0 Å². The molecule has 0 bridgehead atoms. The van der Waals surface area contributed by atoms with Gasteiger partial charge in [0, 0.05) is 20.0 Å². The van der Waals surface area contributed by atoms with Gasteiger partial charge in [0.1, 0.15) is 0 Å². The van der Waals surface area contributed by atoms with Crippen LogP contribution in [-0.2, 0) is 9.59 Å². The van der Waals surface area contributed by atoms with Gasteiger partial charge in [0.15, 0.2) is 0 Å². The van der Waals surface area contributed by atoms with Crippen molar-refractivity contribution in [3.05, 3.63) is 11.6 Å². The van der Waals surface area contributed by atoms with Gasteiger partial charge in [-0.3, -0.25) is 9.59 Å². The zero-order chi connectivity index (χ0) is 15.7. The van der Waals surface area contributed by atoms with E-state index in [1.165, 1.54) is 38.2 Å². The molecule has 0 fully saturated rings. The minimum atomic E-state index is -0.0506. The van der Waals surface area contributed by atoms with Crippen LogP contribution in [0.25, 0.3) is 0 Å². The molecular formula is C17H30N2O2. The van der Waals surface area contributed by atoms with E-state index in [0.29, 0.717) is 19.0 Å². The first-order chi connectivity index (χ1) is 9.99. The van der Waals surface area contributed by atoms with Gasteiger partial charge in [-0.05, 0) is 44.4 Å². The highest BCUT2D eigenvalue weighted by atomic mass is 16.2. The second-order valence-electron chi connectivity index (χ2n) is 6.33. The first-order valence-corrected chi connectivity index (χ1v) is 8.19. The molecule has 0 spiro atoms. The molecule has 21 heavy (non-hydrogen) atoms. The Morgan fingerprint density at radius 2 is 2.10 bits per heavy atom. The second kappa shape index (κ2) is 9.59. The molecule has 0 atom stereocenters. The van der Waals surface area contributed by atoms with Gasteiger partial charge in [-0.1, -0.05) is 25.5 Å². The quantitative estimate of drug-likeness (QED) is 0.700. The van der Waals surface area contributed by atoms with Crippen LogP contribution in [0.1, 0.15) is 59.3 Å².